The van der Waals surface area contributed by atoms with Crippen molar-refractivity contribution in [1.29, 1.82) is 0 Å². The van der Waals surface area contributed by atoms with Gasteiger partial charge in [-0.15, -0.1) is 0 Å². The summed E-state index contributed by atoms with van der Waals surface area (Å²) in [6.45, 7) is 0.550. The van der Waals surface area contributed by atoms with Gasteiger partial charge in [0.05, 0.1) is 4.92 Å². The zero-order valence-electron chi connectivity index (χ0n) is 11.5. The molecule has 1 N–H and O–H groups in total. The zero-order chi connectivity index (χ0) is 15.4. The fraction of sp³-hybridized carbons (Fsp3) is 0.286. The van der Waals surface area contributed by atoms with E-state index in [4.69, 9.17) is 5.11 Å². The monoisotopic (exact) mass is 289 g/mol. The molecular weight excluding hydrogens is 274 g/mol. The molecule has 110 valence electrons. The molecule has 0 fully saturated rings. The standard InChI is InChI=1S/C14H15N3O4/c1-16(9-3-6-13(18)19)11-7-8-15-14-10(11)4-2-5-12(14)17(20)21/h2,4-5,7-8H,3,6,9H2,1H3,(H,18,19). The van der Waals surface area contributed by atoms with Crippen LogP contribution in [0.4, 0.5) is 11.4 Å². The van der Waals surface area contributed by atoms with E-state index < -0.39 is 10.9 Å². The lowest BCUT2D eigenvalue weighted by atomic mass is 10.1. The predicted octanol–water partition coefficient (Wildman–Crippen LogP) is 2.44. The SMILES string of the molecule is CN(CCCC(=O)O)c1ccnc2c([N+](=O)[O-])cccc12. The molecule has 0 unspecified atom stereocenters. The molecule has 0 amide bonds. The van der Waals surface area contributed by atoms with Gasteiger partial charge in [-0.2, -0.15) is 0 Å². The van der Waals surface area contributed by atoms with E-state index in [2.05, 4.69) is 4.98 Å². The highest BCUT2D eigenvalue weighted by Gasteiger charge is 2.15. The summed E-state index contributed by atoms with van der Waals surface area (Å²) in [4.78, 5) is 27.1. The second-order valence-corrected chi connectivity index (χ2v) is 4.68. The number of carboxylic acid groups (broad SMARTS) is 1. The van der Waals surface area contributed by atoms with Crippen LogP contribution in [0.2, 0.25) is 0 Å². The van der Waals surface area contributed by atoms with Crippen LogP contribution in [0.15, 0.2) is 30.5 Å². The van der Waals surface area contributed by atoms with Crippen molar-refractivity contribution in [1.82, 2.24) is 4.98 Å². The van der Waals surface area contributed by atoms with E-state index in [0.29, 0.717) is 23.9 Å². The van der Waals surface area contributed by atoms with E-state index in [-0.39, 0.29) is 12.1 Å². The normalized spacial score (nSPS) is 10.5. The first kappa shape index (κ1) is 14.7. The molecule has 0 radical (unpaired) electrons. The summed E-state index contributed by atoms with van der Waals surface area (Å²) in [5.74, 6) is -0.835. The number of rotatable bonds is 6. The van der Waals surface area contributed by atoms with Crippen LogP contribution in [0, 0.1) is 10.1 Å². The summed E-state index contributed by atoms with van der Waals surface area (Å²) >= 11 is 0. The molecule has 7 heteroatoms. The van der Waals surface area contributed by atoms with E-state index >= 15 is 0 Å². The van der Waals surface area contributed by atoms with Gasteiger partial charge in [-0.25, -0.2) is 4.98 Å². The van der Waals surface area contributed by atoms with Crippen LogP contribution in [0.3, 0.4) is 0 Å². The Morgan fingerprint density at radius 3 is 2.86 bits per heavy atom. The molecular formula is C14H15N3O4. The number of carbonyl (C=O) groups is 1. The van der Waals surface area contributed by atoms with Gasteiger partial charge in [-0.05, 0) is 12.5 Å². The summed E-state index contributed by atoms with van der Waals surface area (Å²) in [5, 5.41) is 20.4. The van der Waals surface area contributed by atoms with Crippen molar-refractivity contribution in [3.63, 3.8) is 0 Å². The Balaban J connectivity index is 2.34. The molecule has 1 heterocycles. The fourth-order valence-corrected chi connectivity index (χ4v) is 2.21. The fourth-order valence-electron chi connectivity index (χ4n) is 2.21. The van der Waals surface area contributed by atoms with Crippen LogP contribution in [0.25, 0.3) is 10.9 Å². The third kappa shape index (κ3) is 3.25. The van der Waals surface area contributed by atoms with Gasteiger partial charge >= 0.3 is 5.97 Å². The molecule has 0 atom stereocenters. The van der Waals surface area contributed by atoms with Crippen molar-refractivity contribution < 1.29 is 14.8 Å². The van der Waals surface area contributed by atoms with Gasteiger partial charge < -0.3 is 10.0 Å². The van der Waals surface area contributed by atoms with Crippen molar-refractivity contribution in [3.05, 3.63) is 40.6 Å². The Morgan fingerprint density at radius 1 is 1.43 bits per heavy atom. The molecule has 0 saturated heterocycles. The van der Waals surface area contributed by atoms with Crippen LogP contribution in [-0.2, 0) is 4.79 Å². The number of fused-ring (bicyclic) bond motifs is 1. The highest BCUT2D eigenvalue weighted by molar-refractivity contribution is 5.96. The first-order valence-electron chi connectivity index (χ1n) is 6.45. The van der Waals surface area contributed by atoms with Crippen LogP contribution in [-0.4, -0.2) is 34.6 Å². The highest BCUT2D eigenvalue weighted by Crippen LogP contribution is 2.30. The largest absolute Gasteiger partial charge is 0.481 e. The number of hydrogen-bond acceptors (Lipinski definition) is 5. The summed E-state index contributed by atoms with van der Waals surface area (Å²) in [6.07, 6.45) is 2.12. The smallest absolute Gasteiger partial charge is 0.303 e. The van der Waals surface area contributed by atoms with Crippen LogP contribution < -0.4 is 4.90 Å². The molecule has 0 spiro atoms. The number of aromatic nitrogens is 1. The van der Waals surface area contributed by atoms with Gasteiger partial charge in [0.2, 0.25) is 0 Å². The number of nitro benzene ring substituents is 1. The summed E-state index contributed by atoms with van der Waals surface area (Å²) < 4.78 is 0. The molecule has 2 rings (SSSR count). The minimum atomic E-state index is -0.835. The number of anilines is 1. The van der Waals surface area contributed by atoms with Gasteiger partial charge in [0.25, 0.3) is 5.69 Å². The number of para-hydroxylation sites is 1. The highest BCUT2D eigenvalue weighted by atomic mass is 16.6. The average Bonchev–Trinajstić information content (AvgIpc) is 2.45. The molecule has 0 aliphatic heterocycles. The maximum Gasteiger partial charge on any atom is 0.303 e. The van der Waals surface area contributed by atoms with Crippen molar-refractivity contribution in [2.45, 2.75) is 12.8 Å². The van der Waals surface area contributed by atoms with Gasteiger partial charge in [0.1, 0.15) is 5.52 Å². The summed E-state index contributed by atoms with van der Waals surface area (Å²) in [6, 6.07) is 6.59. The number of benzene rings is 1. The second-order valence-electron chi connectivity index (χ2n) is 4.68. The average molecular weight is 289 g/mol. The second kappa shape index (κ2) is 6.17. The first-order valence-corrected chi connectivity index (χ1v) is 6.45. The Kier molecular flexibility index (Phi) is 4.32. The van der Waals surface area contributed by atoms with E-state index in [1.54, 1.807) is 18.2 Å². The van der Waals surface area contributed by atoms with E-state index in [9.17, 15) is 14.9 Å². The minimum absolute atomic E-state index is 0.0340. The molecule has 1 aromatic heterocycles. The predicted molar refractivity (Wildman–Crippen MR) is 78.5 cm³/mol. The van der Waals surface area contributed by atoms with Crippen molar-refractivity contribution in [2.75, 3.05) is 18.5 Å². The lowest BCUT2D eigenvalue weighted by Crippen LogP contribution is -2.19. The molecule has 0 saturated carbocycles. The number of carboxylic acids is 1. The molecule has 0 aliphatic rings. The Bertz CT molecular complexity index is 687. The molecule has 7 nitrogen and oxygen atoms in total. The van der Waals surface area contributed by atoms with Crippen LogP contribution in [0.5, 0.6) is 0 Å². The maximum absolute atomic E-state index is 11.0. The van der Waals surface area contributed by atoms with E-state index in [0.717, 1.165) is 5.69 Å². The number of nitrogens with zero attached hydrogens (tertiary/aromatic N) is 3. The molecule has 0 bridgehead atoms. The van der Waals surface area contributed by atoms with Crippen molar-refractivity contribution >= 4 is 28.2 Å². The molecule has 1 aromatic carbocycles. The third-order valence-electron chi connectivity index (χ3n) is 3.22. The molecule has 0 aliphatic carbocycles. The van der Waals surface area contributed by atoms with Gasteiger partial charge in [-0.3, -0.25) is 14.9 Å². The summed E-state index contributed by atoms with van der Waals surface area (Å²) in [7, 11) is 1.83. The lowest BCUT2D eigenvalue weighted by Gasteiger charge is -2.20. The van der Waals surface area contributed by atoms with E-state index in [1.165, 1.54) is 12.3 Å². The van der Waals surface area contributed by atoms with Crippen molar-refractivity contribution in [3.8, 4) is 0 Å². The number of non-ortho nitro benzene ring substituents is 1. The molecule has 2 aromatic rings. The Morgan fingerprint density at radius 2 is 2.19 bits per heavy atom. The Labute approximate surface area is 121 Å². The topological polar surface area (TPSA) is 96.6 Å². The summed E-state index contributed by atoms with van der Waals surface area (Å²) in [5.41, 5.74) is 1.10. The number of hydrogen-bond donors (Lipinski definition) is 1. The van der Waals surface area contributed by atoms with Crippen molar-refractivity contribution in [2.24, 2.45) is 0 Å². The zero-order valence-corrected chi connectivity index (χ0v) is 11.5. The van der Waals surface area contributed by atoms with Crippen LogP contribution >= 0.6 is 0 Å². The maximum atomic E-state index is 11.0. The third-order valence-corrected chi connectivity index (χ3v) is 3.22. The number of nitro groups is 1. The number of aliphatic carboxylic acids is 1. The lowest BCUT2D eigenvalue weighted by molar-refractivity contribution is -0.383. The van der Waals surface area contributed by atoms with E-state index in [1.807, 2.05) is 11.9 Å². The number of pyridine rings is 1. The first-order chi connectivity index (χ1) is 10.0. The molecule has 21 heavy (non-hydrogen) atoms. The van der Waals surface area contributed by atoms with Gasteiger partial charge in [0.15, 0.2) is 0 Å². The van der Waals surface area contributed by atoms with Gasteiger partial charge in [-0.1, -0.05) is 12.1 Å². The van der Waals surface area contributed by atoms with Gasteiger partial charge in [0, 0.05) is 43.4 Å². The Hall–Kier alpha value is -2.70. The minimum Gasteiger partial charge on any atom is -0.481 e. The van der Waals surface area contributed by atoms with Crippen LogP contribution in [0.1, 0.15) is 12.8 Å². The quantitative estimate of drug-likeness (QED) is 0.648.